The molecule has 218 valence electrons. The van der Waals surface area contributed by atoms with E-state index in [-0.39, 0.29) is 35.8 Å². The van der Waals surface area contributed by atoms with E-state index in [1.807, 2.05) is 26.1 Å². The number of nitrogens with zero attached hydrogens (tertiary/aromatic N) is 2. The molecule has 0 saturated heterocycles. The number of likely N-dealkylation sites (N-methyl/N-ethyl adjacent to an activating group) is 1. The van der Waals surface area contributed by atoms with Crippen molar-refractivity contribution in [2.24, 2.45) is 5.92 Å². The lowest BCUT2D eigenvalue weighted by molar-refractivity contribution is 0.0343. The predicted octanol–water partition coefficient (Wildman–Crippen LogP) is 6.13. The topological polar surface area (TPSA) is 94.1 Å². The molecule has 3 atom stereocenters. The van der Waals surface area contributed by atoms with Gasteiger partial charge < -0.3 is 25.4 Å². The second kappa shape index (κ2) is 13.5. The number of anilines is 2. The fourth-order valence-electron chi connectivity index (χ4n) is 4.70. The van der Waals surface area contributed by atoms with Crippen LogP contribution in [0.4, 0.5) is 20.6 Å². The Morgan fingerprint density at radius 3 is 2.56 bits per heavy atom. The average molecular weight is 604 g/mol. The highest BCUT2D eigenvalue weighted by molar-refractivity contribution is 6.42. The molecule has 0 bridgehead atoms. The highest BCUT2D eigenvalue weighted by Gasteiger charge is 2.34. The van der Waals surface area contributed by atoms with E-state index in [1.165, 1.54) is 24.3 Å². The van der Waals surface area contributed by atoms with Gasteiger partial charge >= 0.3 is 6.03 Å². The Bertz CT molecular complexity index is 1390. The Balaban J connectivity index is 1.62. The molecule has 3 aromatic carbocycles. The highest BCUT2D eigenvalue weighted by atomic mass is 35.5. The molecule has 8 nitrogen and oxygen atoms in total. The number of carbonyl (C=O) groups excluding carboxylic acids is 2. The summed E-state index contributed by atoms with van der Waals surface area (Å²) in [7, 11) is 1.96. The average Bonchev–Trinajstić information content (AvgIpc) is 2.94. The van der Waals surface area contributed by atoms with Crippen molar-refractivity contribution in [2.75, 3.05) is 37.4 Å². The van der Waals surface area contributed by atoms with Gasteiger partial charge in [0.05, 0.1) is 33.9 Å². The van der Waals surface area contributed by atoms with Gasteiger partial charge in [0, 0.05) is 31.2 Å². The van der Waals surface area contributed by atoms with Crippen molar-refractivity contribution < 1.29 is 23.8 Å². The van der Waals surface area contributed by atoms with E-state index in [0.717, 1.165) is 5.56 Å². The molecular formula is C30H33Cl2FN4O4. The molecular weight excluding hydrogens is 570 g/mol. The van der Waals surface area contributed by atoms with Gasteiger partial charge in [-0.1, -0.05) is 42.3 Å². The molecule has 0 fully saturated rings. The summed E-state index contributed by atoms with van der Waals surface area (Å²) in [4.78, 5) is 30.2. The Morgan fingerprint density at radius 2 is 1.88 bits per heavy atom. The number of fused-ring (bicyclic) bond motifs is 1. The van der Waals surface area contributed by atoms with Gasteiger partial charge in [0.1, 0.15) is 11.9 Å². The Kier molecular flexibility index (Phi) is 10.1. The third-order valence-corrected chi connectivity index (χ3v) is 7.71. The maximum Gasteiger partial charge on any atom is 0.323 e. The minimum atomic E-state index is -0.579. The van der Waals surface area contributed by atoms with Crippen LogP contribution in [0.5, 0.6) is 5.75 Å². The van der Waals surface area contributed by atoms with Crippen LogP contribution in [0.2, 0.25) is 10.0 Å². The first kappa shape index (κ1) is 30.6. The molecule has 3 amide bonds. The number of nitrogens with one attached hydrogen (secondary N) is 2. The number of para-hydroxylation sites is 1. The van der Waals surface area contributed by atoms with Gasteiger partial charge in [-0.05, 0) is 68.1 Å². The zero-order valence-electron chi connectivity index (χ0n) is 23.0. The summed E-state index contributed by atoms with van der Waals surface area (Å²) in [5.41, 5.74) is 1.96. The quantitative estimate of drug-likeness (QED) is 0.288. The summed E-state index contributed by atoms with van der Waals surface area (Å²) in [6.45, 7) is 5.02. The van der Waals surface area contributed by atoms with Crippen molar-refractivity contribution >= 4 is 46.5 Å². The third kappa shape index (κ3) is 7.68. The van der Waals surface area contributed by atoms with Crippen molar-refractivity contribution in [1.29, 1.82) is 0 Å². The SMILES string of the molecule is C[C@H]1CN([C@@H](C)CO)C(=O)c2cccc(NC(=O)Nc3ccc(F)cc3)c2O[C@@H]1CN(C)Cc1ccc(Cl)c(Cl)c1. The smallest absolute Gasteiger partial charge is 0.323 e. The molecule has 41 heavy (non-hydrogen) atoms. The second-order valence-corrected chi connectivity index (χ2v) is 11.2. The van der Waals surface area contributed by atoms with Crippen LogP contribution < -0.4 is 15.4 Å². The van der Waals surface area contributed by atoms with Gasteiger partial charge in [0.15, 0.2) is 5.75 Å². The van der Waals surface area contributed by atoms with E-state index in [1.54, 1.807) is 36.1 Å². The van der Waals surface area contributed by atoms with E-state index in [0.29, 0.717) is 41.1 Å². The van der Waals surface area contributed by atoms with E-state index in [2.05, 4.69) is 15.5 Å². The lowest BCUT2D eigenvalue weighted by Crippen LogP contribution is -2.49. The number of benzene rings is 3. The van der Waals surface area contributed by atoms with Gasteiger partial charge in [0.25, 0.3) is 5.91 Å². The number of hydrogen-bond donors (Lipinski definition) is 3. The van der Waals surface area contributed by atoms with Gasteiger partial charge in [-0.3, -0.25) is 9.69 Å². The van der Waals surface area contributed by atoms with Crippen LogP contribution in [0.1, 0.15) is 29.8 Å². The summed E-state index contributed by atoms with van der Waals surface area (Å²) < 4.78 is 19.8. The number of urea groups is 1. The van der Waals surface area contributed by atoms with E-state index in [4.69, 9.17) is 27.9 Å². The lowest BCUT2D eigenvalue weighted by Gasteiger charge is -2.38. The number of aliphatic hydroxyl groups excluding tert-OH is 1. The van der Waals surface area contributed by atoms with Crippen LogP contribution in [-0.4, -0.2) is 65.7 Å². The van der Waals surface area contributed by atoms with Gasteiger partial charge in [0.2, 0.25) is 0 Å². The molecule has 0 aliphatic carbocycles. The number of halogens is 3. The molecule has 3 aromatic rings. The number of aliphatic hydroxyl groups is 1. The van der Waals surface area contributed by atoms with Crippen molar-refractivity contribution in [1.82, 2.24) is 9.80 Å². The van der Waals surface area contributed by atoms with Crippen LogP contribution >= 0.6 is 23.2 Å². The van der Waals surface area contributed by atoms with Gasteiger partial charge in [-0.2, -0.15) is 0 Å². The molecule has 11 heteroatoms. The minimum absolute atomic E-state index is 0.126. The van der Waals surface area contributed by atoms with E-state index < -0.39 is 17.9 Å². The van der Waals surface area contributed by atoms with Crippen LogP contribution in [0, 0.1) is 11.7 Å². The molecule has 4 rings (SSSR count). The van der Waals surface area contributed by atoms with Crippen LogP contribution in [0.25, 0.3) is 0 Å². The Hall–Kier alpha value is -3.37. The third-order valence-electron chi connectivity index (χ3n) is 6.97. The predicted molar refractivity (Wildman–Crippen MR) is 159 cm³/mol. The molecule has 0 unspecified atom stereocenters. The van der Waals surface area contributed by atoms with Crippen LogP contribution in [0.15, 0.2) is 60.7 Å². The first-order valence-corrected chi connectivity index (χ1v) is 14.0. The fraction of sp³-hybridized carbons (Fsp3) is 0.333. The molecule has 0 aromatic heterocycles. The highest BCUT2D eigenvalue weighted by Crippen LogP contribution is 2.35. The summed E-state index contributed by atoms with van der Waals surface area (Å²) in [5.74, 6) is -0.614. The Morgan fingerprint density at radius 1 is 1.15 bits per heavy atom. The van der Waals surface area contributed by atoms with Crippen LogP contribution in [-0.2, 0) is 6.54 Å². The molecule has 0 radical (unpaired) electrons. The normalized spacial score (nSPS) is 17.8. The molecule has 0 spiro atoms. The summed E-state index contributed by atoms with van der Waals surface area (Å²) >= 11 is 12.3. The van der Waals surface area contributed by atoms with Gasteiger partial charge in [-0.15, -0.1) is 0 Å². The summed E-state index contributed by atoms with van der Waals surface area (Å²) in [6.07, 6.45) is -0.383. The van der Waals surface area contributed by atoms with E-state index >= 15 is 0 Å². The standard InChI is InChI=1S/C30H33Cl2FN4O4/c1-18-14-37(19(2)17-38)29(39)23-5-4-6-26(35-30(40)34-22-10-8-21(33)9-11-22)28(23)41-27(18)16-36(3)15-20-7-12-24(31)25(32)13-20/h4-13,18-19,27,38H,14-17H2,1-3H3,(H2,34,35,40)/t18-,19-,27+/m0/s1. The largest absolute Gasteiger partial charge is 0.486 e. The molecule has 1 heterocycles. The second-order valence-electron chi connectivity index (χ2n) is 10.3. The van der Waals surface area contributed by atoms with Crippen molar-refractivity contribution in [3.63, 3.8) is 0 Å². The number of carbonyl (C=O) groups is 2. The number of rotatable bonds is 8. The maximum atomic E-state index is 13.7. The summed E-state index contributed by atoms with van der Waals surface area (Å²) in [6, 6.07) is 14.8. The first-order valence-electron chi connectivity index (χ1n) is 13.2. The number of amides is 3. The monoisotopic (exact) mass is 602 g/mol. The van der Waals surface area contributed by atoms with Gasteiger partial charge in [-0.25, -0.2) is 9.18 Å². The van der Waals surface area contributed by atoms with Crippen LogP contribution in [0.3, 0.4) is 0 Å². The van der Waals surface area contributed by atoms with Crippen molar-refractivity contribution in [2.45, 2.75) is 32.5 Å². The van der Waals surface area contributed by atoms with Crippen molar-refractivity contribution in [3.05, 3.63) is 87.7 Å². The summed E-state index contributed by atoms with van der Waals surface area (Å²) in [5, 5.41) is 16.3. The number of ether oxygens (including phenoxy) is 1. The fourth-order valence-corrected chi connectivity index (χ4v) is 5.02. The van der Waals surface area contributed by atoms with Crippen molar-refractivity contribution in [3.8, 4) is 5.75 Å². The maximum absolute atomic E-state index is 13.7. The minimum Gasteiger partial charge on any atom is -0.486 e. The zero-order valence-corrected chi connectivity index (χ0v) is 24.5. The first-order chi connectivity index (χ1) is 19.5. The van der Waals surface area contributed by atoms with E-state index in [9.17, 15) is 19.1 Å². The zero-order chi connectivity index (χ0) is 29.7. The lowest BCUT2D eigenvalue weighted by atomic mass is 9.99. The molecule has 0 saturated carbocycles. The number of hydrogen-bond acceptors (Lipinski definition) is 5. The molecule has 1 aliphatic heterocycles. The molecule has 1 aliphatic rings. The molecule has 3 N–H and O–H groups in total. The Labute approximate surface area is 249 Å².